The van der Waals surface area contributed by atoms with Crippen LogP contribution in [0.15, 0.2) is 23.6 Å². The van der Waals surface area contributed by atoms with E-state index in [-0.39, 0.29) is 0 Å². The van der Waals surface area contributed by atoms with Gasteiger partial charge in [-0.3, -0.25) is 0 Å². The first-order chi connectivity index (χ1) is 6.66. The molecule has 0 aliphatic carbocycles. The van der Waals surface area contributed by atoms with Crippen molar-refractivity contribution in [3.8, 4) is 11.3 Å². The topological polar surface area (TPSA) is 15.8 Å². The fraction of sp³-hybridized carbons (Fsp3) is 0. The number of aromatic nitrogens is 1. The fourth-order valence-electron chi connectivity index (χ4n) is 1.09. The number of hydrogen-bond acceptors (Lipinski definition) is 2. The number of aromatic amines is 1. The first kappa shape index (κ1) is 9.48. The normalized spacial score (nSPS) is 10.4. The van der Waals surface area contributed by atoms with Crippen LogP contribution in [-0.2, 0) is 0 Å². The highest BCUT2D eigenvalue weighted by atomic mass is 32.1. The summed E-state index contributed by atoms with van der Waals surface area (Å²) in [6.07, 6.45) is 0. The molecule has 0 bridgehead atoms. The van der Waals surface area contributed by atoms with Crippen molar-refractivity contribution in [2.45, 2.75) is 0 Å². The van der Waals surface area contributed by atoms with Gasteiger partial charge in [0.05, 0.1) is 5.69 Å². The molecule has 1 aromatic carbocycles. The van der Waals surface area contributed by atoms with Gasteiger partial charge in [-0.05, 0) is 30.4 Å². The molecule has 0 radical (unpaired) electrons. The van der Waals surface area contributed by atoms with Gasteiger partial charge in [-0.25, -0.2) is 8.78 Å². The van der Waals surface area contributed by atoms with Gasteiger partial charge in [-0.2, -0.15) is 0 Å². The monoisotopic (exact) mass is 229 g/mol. The van der Waals surface area contributed by atoms with Crippen molar-refractivity contribution < 1.29 is 8.78 Å². The van der Waals surface area contributed by atoms with Gasteiger partial charge in [-0.1, -0.05) is 0 Å². The second kappa shape index (κ2) is 3.59. The van der Waals surface area contributed by atoms with E-state index in [9.17, 15) is 8.78 Å². The van der Waals surface area contributed by atoms with Crippen molar-refractivity contribution in [3.05, 3.63) is 39.2 Å². The lowest BCUT2D eigenvalue weighted by atomic mass is 10.2. The third-order valence-electron chi connectivity index (χ3n) is 1.75. The van der Waals surface area contributed by atoms with Crippen molar-refractivity contribution in [3.63, 3.8) is 0 Å². The van der Waals surface area contributed by atoms with Crippen molar-refractivity contribution in [2.24, 2.45) is 0 Å². The van der Waals surface area contributed by atoms with Crippen LogP contribution in [-0.4, -0.2) is 4.98 Å². The molecule has 0 spiro atoms. The minimum Gasteiger partial charge on any atom is -0.337 e. The summed E-state index contributed by atoms with van der Waals surface area (Å²) >= 11 is 6.24. The summed E-state index contributed by atoms with van der Waals surface area (Å²) in [6.45, 7) is 0. The average Bonchev–Trinajstić information content (AvgIpc) is 2.57. The first-order valence-corrected chi connectivity index (χ1v) is 5.09. The smallest absolute Gasteiger partial charge is 0.159 e. The standard InChI is InChI=1S/C9H5F2NS2/c10-6-2-1-5(3-7(6)11)8-4-14-9(13)12-8/h1-4H,(H,12,13). The molecule has 1 nitrogen and oxygen atoms in total. The van der Waals surface area contributed by atoms with E-state index in [4.69, 9.17) is 12.2 Å². The summed E-state index contributed by atoms with van der Waals surface area (Å²) < 4.78 is 26.1. The molecule has 5 heteroatoms. The maximum atomic E-state index is 12.9. The second-order valence-corrected chi connectivity index (χ2v) is 4.24. The largest absolute Gasteiger partial charge is 0.337 e. The van der Waals surface area contributed by atoms with Gasteiger partial charge in [0.15, 0.2) is 15.6 Å². The average molecular weight is 229 g/mol. The van der Waals surface area contributed by atoms with Crippen LogP contribution in [0.3, 0.4) is 0 Å². The highest BCUT2D eigenvalue weighted by molar-refractivity contribution is 7.73. The predicted molar refractivity (Wildman–Crippen MR) is 54.9 cm³/mol. The molecule has 72 valence electrons. The Bertz CT molecular complexity index is 516. The summed E-state index contributed by atoms with van der Waals surface area (Å²) in [5.41, 5.74) is 1.30. The molecule has 1 aromatic heterocycles. The number of thiazole rings is 1. The van der Waals surface area contributed by atoms with Crippen molar-refractivity contribution >= 4 is 23.6 Å². The van der Waals surface area contributed by atoms with Crippen LogP contribution >= 0.6 is 23.6 Å². The van der Waals surface area contributed by atoms with Crippen LogP contribution in [0.1, 0.15) is 0 Å². The third-order valence-corrected chi connectivity index (χ3v) is 2.81. The third kappa shape index (κ3) is 1.73. The van der Waals surface area contributed by atoms with Gasteiger partial charge in [0.1, 0.15) is 0 Å². The van der Waals surface area contributed by atoms with E-state index in [0.717, 1.165) is 12.1 Å². The number of rotatable bonds is 1. The zero-order chi connectivity index (χ0) is 10.1. The molecule has 1 N–H and O–H groups in total. The van der Waals surface area contributed by atoms with Crippen LogP contribution in [0.5, 0.6) is 0 Å². The Balaban J connectivity index is 2.52. The van der Waals surface area contributed by atoms with Crippen molar-refractivity contribution in [1.82, 2.24) is 4.98 Å². The van der Waals surface area contributed by atoms with Crippen LogP contribution in [0.4, 0.5) is 8.78 Å². The van der Waals surface area contributed by atoms with E-state index < -0.39 is 11.6 Å². The number of halogens is 2. The van der Waals surface area contributed by atoms with Crippen molar-refractivity contribution in [1.29, 1.82) is 0 Å². The maximum Gasteiger partial charge on any atom is 0.159 e. The Kier molecular flexibility index (Phi) is 2.43. The Morgan fingerprint density at radius 3 is 2.57 bits per heavy atom. The molecule has 0 saturated heterocycles. The summed E-state index contributed by atoms with van der Waals surface area (Å²) in [6, 6.07) is 3.74. The molecule has 0 aliphatic heterocycles. The number of hydrogen-bond donors (Lipinski definition) is 1. The molecule has 14 heavy (non-hydrogen) atoms. The maximum absolute atomic E-state index is 12.9. The van der Waals surface area contributed by atoms with Gasteiger partial charge >= 0.3 is 0 Å². The van der Waals surface area contributed by atoms with Crippen LogP contribution in [0.25, 0.3) is 11.3 Å². The number of benzene rings is 1. The van der Waals surface area contributed by atoms with E-state index in [2.05, 4.69) is 4.98 Å². The second-order valence-electron chi connectivity index (χ2n) is 2.69. The molecular weight excluding hydrogens is 224 g/mol. The highest BCUT2D eigenvalue weighted by Crippen LogP contribution is 2.21. The molecule has 0 amide bonds. The summed E-state index contributed by atoms with van der Waals surface area (Å²) in [4.78, 5) is 2.88. The zero-order valence-corrected chi connectivity index (χ0v) is 8.51. The number of nitrogens with one attached hydrogen (secondary N) is 1. The van der Waals surface area contributed by atoms with Crippen LogP contribution in [0, 0.1) is 15.6 Å². The molecule has 2 aromatic rings. The number of H-pyrrole nitrogens is 1. The SMILES string of the molecule is Fc1ccc(-c2csc(=S)[nH]2)cc1F. The first-order valence-electron chi connectivity index (χ1n) is 3.80. The molecule has 2 rings (SSSR count). The summed E-state index contributed by atoms with van der Waals surface area (Å²) in [7, 11) is 0. The lowest BCUT2D eigenvalue weighted by molar-refractivity contribution is 0.509. The van der Waals surface area contributed by atoms with Gasteiger partial charge < -0.3 is 4.98 Å². The molecule has 0 unspecified atom stereocenters. The van der Waals surface area contributed by atoms with E-state index in [1.165, 1.54) is 17.4 Å². The van der Waals surface area contributed by atoms with Gasteiger partial charge in [0.25, 0.3) is 0 Å². The van der Waals surface area contributed by atoms with E-state index in [0.29, 0.717) is 15.2 Å². The molecule has 0 atom stereocenters. The van der Waals surface area contributed by atoms with Gasteiger partial charge in [-0.15, -0.1) is 11.3 Å². The quantitative estimate of drug-likeness (QED) is 0.736. The summed E-state index contributed by atoms with van der Waals surface area (Å²) in [5.74, 6) is -1.70. The molecule has 0 fully saturated rings. The zero-order valence-electron chi connectivity index (χ0n) is 6.88. The minimum atomic E-state index is -0.854. The Morgan fingerprint density at radius 1 is 1.21 bits per heavy atom. The van der Waals surface area contributed by atoms with Crippen molar-refractivity contribution in [2.75, 3.05) is 0 Å². The summed E-state index contributed by atoms with van der Waals surface area (Å²) in [5, 5.41) is 1.77. The predicted octanol–water partition coefficient (Wildman–Crippen LogP) is 3.75. The lowest BCUT2D eigenvalue weighted by Gasteiger charge is -1.97. The highest BCUT2D eigenvalue weighted by Gasteiger charge is 2.04. The Hall–Kier alpha value is -1.07. The molecule has 0 saturated carbocycles. The van der Waals surface area contributed by atoms with E-state index in [1.54, 1.807) is 5.38 Å². The minimum absolute atomic E-state index is 0.594. The van der Waals surface area contributed by atoms with E-state index >= 15 is 0 Å². The lowest BCUT2D eigenvalue weighted by Crippen LogP contribution is -1.85. The van der Waals surface area contributed by atoms with Gasteiger partial charge in [0, 0.05) is 10.9 Å². The Morgan fingerprint density at radius 2 is 2.00 bits per heavy atom. The van der Waals surface area contributed by atoms with Gasteiger partial charge in [0.2, 0.25) is 0 Å². The van der Waals surface area contributed by atoms with E-state index in [1.807, 2.05) is 0 Å². The fourth-order valence-corrected chi connectivity index (χ4v) is 1.93. The molecular formula is C9H5F2NS2. The van der Waals surface area contributed by atoms with Crippen LogP contribution < -0.4 is 0 Å². The Labute approximate surface area is 88.0 Å². The van der Waals surface area contributed by atoms with Crippen LogP contribution in [0.2, 0.25) is 0 Å². The molecule has 1 heterocycles. The molecule has 0 aliphatic rings.